The maximum atomic E-state index is 13.4. The Morgan fingerprint density at radius 2 is 2.06 bits per heavy atom. The van der Waals surface area contributed by atoms with E-state index in [1.807, 2.05) is 24.3 Å². The summed E-state index contributed by atoms with van der Waals surface area (Å²) in [7, 11) is 1.56. The Hall–Kier alpha value is -3.70. The van der Waals surface area contributed by atoms with E-state index in [9.17, 15) is 14.9 Å². The van der Waals surface area contributed by atoms with Gasteiger partial charge < -0.3 is 4.74 Å². The number of fused-ring (bicyclic) bond motifs is 1. The number of methoxy groups -OCH3 is 1. The number of hydrogen-bond donors (Lipinski definition) is 0. The highest BCUT2D eigenvalue weighted by Crippen LogP contribution is 2.30. The van der Waals surface area contributed by atoms with Gasteiger partial charge in [0.15, 0.2) is 10.8 Å². The number of anilines is 1. The first-order chi connectivity index (χ1) is 15.0. The van der Waals surface area contributed by atoms with Crippen LogP contribution in [0, 0.1) is 17.0 Å². The third kappa shape index (κ3) is 4.00. The molecule has 0 aliphatic rings. The lowest BCUT2D eigenvalue weighted by Crippen LogP contribution is -2.34. The molecule has 0 unspecified atom stereocenters. The number of carbonyl (C=O) groups is 1. The molecule has 2 heterocycles. The van der Waals surface area contributed by atoms with Gasteiger partial charge in [0, 0.05) is 19.2 Å². The lowest BCUT2D eigenvalue weighted by Gasteiger charge is -2.18. The first-order valence-corrected chi connectivity index (χ1v) is 10.1. The number of carbonyl (C=O) groups excluding carboxylic acids is 1. The standard InChI is InChI=1S/C20H18N6O4S/c1-13-18(22-23-25(13)14-6-5-7-15(12-14)26(28)29)19(27)24(10-11-30-2)20-21-16-8-3-4-9-17(16)31-20/h3-9,12H,10-11H2,1-2H3. The Morgan fingerprint density at radius 1 is 1.26 bits per heavy atom. The summed E-state index contributed by atoms with van der Waals surface area (Å²) in [6, 6.07) is 13.6. The average molecular weight is 438 g/mol. The number of amides is 1. The molecule has 0 saturated heterocycles. The van der Waals surface area contributed by atoms with Crippen molar-refractivity contribution in [1.29, 1.82) is 0 Å². The van der Waals surface area contributed by atoms with E-state index in [1.54, 1.807) is 26.2 Å². The zero-order chi connectivity index (χ0) is 22.0. The van der Waals surface area contributed by atoms with Gasteiger partial charge in [0.1, 0.15) is 0 Å². The predicted molar refractivity (Wildman–Crippen MR) is 116 cm³/mol. The van der Waals surface area contributed by atoms with Gasteiger partial charge in [-0.3, -0.25) is 19.8 Å². The molecule has 0 spiro atoms. The van der Waals surface area contributed by atoms with Gasteiger partial charge in [-0.15, -0.1) is 5.10 Å². The van der Waals surface area contributed by atoms with Crippen molar-refractivity contribution in [3.63, 3.8) is 0 Å². The van der Waals surface area contributed by atoms with Crippen LogP contribution in [0.2, 0.25) is 0 Å². The molecule has 0 aliphatic carbocycles. The molecular formula is C20H18N6O4S. The molecule has 11 heteroatoms. The Balaban J connectivity index is 1.71. The molecule has 2 aromatic carbocycles. The molecule has 4 aromatic rings. The van der Waals surface area contributed by atoms with Crippen LogP contribution in [-0.4, -0.2) is 51.1 Å². The van der Waals surface area contributed by atoms with Crippen molar-refractivity contribution in [1.82, 2.24) is 20.0 Å². The number of para-hydroxylation sites is 1. The van der Waals surface area contributed by atoms with E-state index in [4.69, 9.17) is 4.74 Å². The number of non-ortho nitro benzene ring substituents is 1. The van der Waals surface area contributed by atoms with Crippen molar-refractivity contribution in [3.05, 3.63) is 70.0 Å². The van der Waals surface area contributed by atoms with Crippen LogP contribution in [0.15, 0.2) is 48.5 Å². The number of aromatic nitrogens is 4. The van der Waals surface area contributed by atoms with Gasteiger partial charge in [-0.2, -0.15) is 0 Å². The molecule has 0 radical (unpaired) electrons. The second-order valence-electron chi connectivity index (χ2n) is 6.63. The normalized spacial score (nSPS) is 11.0. The number of nitrogens with zero attached hydrogens (tertiary/aromatic N) is 6. The van der Waals surface area contributed by atoms with Crippen molar-refractivity contribution >= 4 is 38.3 Å². The number of nitro benzene ring substituents is 1. The molecule has 31 heavy (non-hydrogen) atoms. The minimum Gasteiger partial charge on any atom is -0.383 e. The Labute approximate surface area is 180 Å². The van der Waals surface area contributed by atoms with Crippen molar-refractivity contribution in [2.45, 2.75) is 6.92 Å². The SMILES string of the molecule is COCCN(C(=O)c1nnn(-c2cccc([N+](=O)[O-])c2)c1C)c1nc2ccccc2s1. The van der Waals surface area contributed by atoms with Crippen LogP contribution in [0.5, 0.6) is 0 Å². The Kier molecular flexibility index (Phi) is 5.69. The van der Waals surface area contributed by atoms with E-state index in [2.05, 4.69) is 15.3 Å². The fourth-order valence-electron chi connectivity index (χ4n) is 3.08. The van der Waals surface area contributed by atoms with Crippen LogP contribution < -0.4 is 4.90 Å². The fraction of sp³-hybridized carbons (Fsp3) is 0.200. The Bertz CT molecular complexity index is 1230. The summed E-state index contributed by atoms with van der Waals surface area (Å²) in [6.07, 6.45) is 0. The van der Waals surface area contributed by atoms with Crippen LogP contribution in [0.1, 0.15) is 16.2 Å². The van der Waals surface area contributed by atoms with E-state index in [-0.39, 0.29) is 23.8 Å². The molecular weight excluding hydrogens is 420 g/mol. The molecule has 10 nitrogen and oxygen atoms in total. The minimum atomic E-state index is -0.485. The smallest absolute Gasteiger partial charge is 0.282 e. The summed E-state index contributed by atoms with van der Waals surface area (Å²) >= 11 is 1.40. The van der Waals surface area contributed by atoms with Gasteiger partial charge in [-0.05, 0) is 25.1 Å². The van der Waals surface area contributed by atoms with Crippen LogP contribution in [-0.2, 0) is 4.74 Å². The highest BCUT2D eigenvalue weighted by molar-refractivity contribution is 7.22. The lowest BCUT2D eigenvalue weighted by molar-refractivity contribution is -0.384. The molecule has 0 atom stereocenters. The van der Waals surface area contributed by atoms with Crippen molar-refractivity contribution in [3.8, 4) is 5.69 Å². The van der Waals surface area contributed by atoms with Crippen LogP contribution in [0.3, 0.4) is 0 Å². The van der Waals surface area contributed by atoms with E-state index >= 15 is 0 Å². The molecule has 1 amide bonds. The summed E-state index contributed by atoms with van der Waals surface area (Å²) in [5, 5.41) is 19.7. The highest BCUT2D eigenvalue weighted by atomic mass is 32.1. The lowest BCUT2D eigenvalue weighted by atomic mass is 10.2. The maximum Gasteiger partial charge on any atom is 0.282 e. The molecule has 158 valence electrons. The highest BCUT2D eigenvalue weighted by Gasteiger charge is 2.26. The largest absolute Gasteiger partial charge is 0.383 e. The molecule has 2 aromatic heterocycles. The summed E-state index contributed by atoms with van der Waals surface area (Å²) in [5.41, 5.74) is 1.78. The zero-order valence-electron chi connectivity index (χ0n) is 16.8. The quantitative estimate of drug-likeness (QED) is 0.321. The zero-order valence-corrected chi connectivity index (χ0v) is 17.6. The number of ether oxygens (including phenoxy) is 1. The van der Waals surface area contributed by atoms with Crippen molar-refractivity contribution in [2.75, 3.05) is 25.2 Å². The number of rotatable bonds is 7. The molecule has 4 rings (SSSR count). The number of nitro groups is 1. The first kappa shape index (κ1) is 20.6. The van der Waals surface area contributed by atoms with Crippen LogP contribution >= 0.6 is 11.3 Å². The summed E-state index contributed by atoms with van der Waals surface area (Å²) in [4.78, 5) is 30.1. The monoisotopic (exact) mass is 438 g/mol. The summed E-state index contributed by atoms with van der Waals surface area (Å²) < 4.78 is 7.54. The molecule has 0 aliphatic heterocycles. The van der Waals surface area contributed by atoms with Gasteiger partial charge in [-0.25, -0.2) is 9.67 Å². The van der Waals surface area contributed by atoms with Crippen molar-refractivity contribution in [2.24, 2.45) is 0 Å². The van der Waals surface area contributed by atoms with Gasteiger partial charge in [0.2, 0.25) is 0 Å². The van der Waals surface area contributed by atoms with Gasteiger partial charge >= 0.3 is 0 Å². The second kappa shape index (κ2) is 8.58. The summed E-state index contributed by atoms with van der Waals surface area (Å²) in [6.45, 7) is 2.30. The summed E-state index contributed by atoms with van der Waals surface area (Å²) in [5.74, 6) is -0.370. The topological polar surface area (TPSA) is 116 Å². The molecule has 0 fully saturated rings. The third-order valence-corrected chi connectivity index (χ3v) is 5.72. The number of thiazole rings is 1. The second-order valence-corrected chi connectivity index (χ2v) is 7.64. The van der Waals surface area contributed by atoms with Crippen LogP contribution in [0.25, 0.3) is 15.9 Å². The average Bonchev–Trinajstić information content (AvgIpc) is 3.37. The van der Waals surface area contributed by atoms with Gasteiger partial charge in [0.05, 0.1) is 39.7 Å². The molecule has 0 N–H and O–H groups in total. The van der Waals surface area contributed by atoms with Crippen LogP contribution in [0.4, 0.5) is 10.8 Å². The van der Waals surface area contributed by atoms with Gasteiger partial charge in [-0.1, -0.05) is 34.7 Å². The van der Waals surface area contributed by atoms with E-state index < -0.39 is 4.92 Å². The fourth-order valence-corrected chi connectivity index (χ4v) is 4.07. The molecule has 0 saturated carbocycles. The van der Waals surface area contributed by atoms with Crippen molar-refractivity contribution < 1.29 is 14.5 Å². The van der Waals surface area contributed by atoms with E-state index in [0.29, 0.717) is 23.1 Å². The Morgan fingerprint density at radius 3 is 2.81 bits per heavy atom. The molecule has 0 bridgehead atoms. The maximum absolute atomic E-state index is 13.4. The van der Waals surface area contributed by atoms with E-state index in [0.717, 1.165) is 10.2 Å². The predicted octanol–water partition coefficient (Wildman–Crippen LogP) is 3.39. The third-order valence-electron chi connectivity index (χ3n) is 4.66. The van der Waals surface area contributed by atoms with E-state index in [1.165, 1.54) is 33.1 Å². The number of hydrogen-bond acceptors (Lipinski definition) is 8. The minimum absolute atomic E-state index is 0.0727. The number of benzene rings is 2. The first-order valence-electron chi connectivity index (χ1n) is 9.33. The van der Waals surface area contributed by atoms with Gasteiger partial charge in [0.25, 0.3) is 11.6 Å².